The van der Waals surface area contributed by atoms with E-state index in [4.69, 9.17) is 0 Å². The van der Waals surface area contributed by atoms with E-state index in [0.29, 0.717) is 5.56 Å². The maximum Gasteiger partial charge on any atom is 0.251 e. The van der Waals surface area contributed by atoms with E-state index >= 15 is 0 Å². The Hall–Kier alpha value is -2.25. The first-order chi connectivity index (χ1) is 10.7. The Bertz CT molecular complexity index is 643. The lowest BCUT2D eigenvalue weighted by molar-refractivity contribution is 0.0938. The normalized spacial score (nSPS) is 21.9. The van der Waals surface area contributed by atoms with Crippen LogP contribution in [0.2, 0.25) is 0 Å². The molecule has 116 valence electrons. The number of likely N-dealkylation sites (N-methyl/N-ethyl adjacent to an activating group) is 1. The quantitative estimate of drug-likeness (QED) is 0.834. The van der Waals surface area contributed by atoms with Gasteiger partial charge in [0, 0.05) is 29.9 Å². The average Bonchev–Trinajstić information content (AvgIpc) is 3.17. The number of likely N-dealkylation sites (tertiary alicyclic amines) is 1. The van der Waals surface area contributed by atoms with Crippen LogP contribution in [-0.2, 0) is 0 Å². The first-order valence-electron chi connectivity index (χ1n) is 7.24. The maximum atomic E-state index is 12.4. The molecule has 2 N–H and O–H groups in total. The van der Waals surface area contributed by atoms with Gasteiger partial charge in [0.25, 0.3) is 5.91 Å². The summed E-state index contributed by atoms with van der Waals surface area (Å²) in [6.45, 7) is 0.869. The fourth-order valence-corrected chi connectivity index (χ4v) is 2.81. The highest BCUT2D eigenvalue weighted by Crippen LogP contribution is 2.16. The first kappa shape index (κ1) is 14.7. The third-order valence-corrected chi connectivity index (χ3v) is 4.06. The number of hydrogen-bond acceptors (Lipinski definition) is 5. The number of benzene rings is 1. The monoisotopic (exact) mass is 301 g/mol. The highest BCUT2D eigenvalue weighted by Gasteiger charge is 2.29. The molecular formula is C15H19N5O2. The molecule has 1 fully saturated rings. The number of amides is 1. The number of rotatable bonds is 4. The minimum atomic E-state index is -0.105. The van der Waals surface area contributed by atoms with Crippen molar-refractivity contribution < 1.29 is 9.90 Å². The van der Waals surface area contributed by atoms with E-state index in [9.17, 15) is 9.90 Å². The van der Waals surface area contributed by atoms with Crippen molar-refractivity contribution in [1.82, 2.24) is 25.0 Å². The van der Waals surface area contributed by atoms with Crippen LogP contribution in [0.1, 0.15) is 16.8 Å². The number of aliphatic hydroxyl groups excluding tert-OH is 1. The van der Waals surface area contributed by atoms with Gasteiger partial charge in [-0.3, -0.25) is 14.3 Å². The molecule has 2 aromatic rings. The molecule has 22 heavy (non-hydrogen) atoms. The van der Waals surface area contributed by atoms with Crippen LogP contribution in [0.3, 0.4) is 0 Å². The van der Waals surface area contributed by atoms with Crippen LogP contribution in [-0.4, -0.2) is 63.0 Å². The number of nitrogens with zero attached hydrogens (tertiary/aromatic N) is 4. The van der Waals surface area contributed by atoms with Gasteiger partial charge in [0.1, 0.15) is 12.7 Å². The Morgan fingerprint density at radius 2 is 2.18 bits per heavy atom. The highest BCUT2D eigenvalue weighted by molar-refractivity contribution is 5.95. The fraction of sp³-hybridized carbons (Fsp3) is 0.400. The zero-order valence-electron chi connectivity index (χ0n) is 12.4. The summed E-state index contributed by atoms with van der Waals surface area (Å²) >= 11 is 0. The molecule has 1 aromatic carbocycles. The standard InChI is InChI=1S/C15H19N5O2/c1-19-7-12(6-14(19)8-21)18-15(22)11-3-2-4-13(5-11)20-9-16-17-10-20/h2-5,9-10,12,14,21H,6-8H2,1H3,(H,18,22)/t12-,14+/m1/s1. The number of aromatic nitrogens is 3. The fourth-order valence-electron chi connectivity index (χ4n) is 2.81. The van der Waals surface area contributed by atoms with Gasteiger partial charge in [-0.15, -0.1) is 10.2 Å². The molecule has 1 amide bonds. The molecule has 3 rings (SSSR count). The number of aliphatic hydroxyl groups is 1. The summed E-state index contributed by atoms with van der Waals surface area (Å²) in [5.74, 6) is -0.105. The van der Waals surface area contributed by atoms with Crippen LogP contribution in [0.25, 0.3) is 5.69 Å². The lowest BCUT2D eigenvalue weighted by Gasteiger charge is -2.15. The molecule has 0 saturated carbocycles. The number of hydrogen-bond donors (Lipinski definition) is 2. The van der Waals surface area contributed by atoms with Crippen LogP contribution >= 0.6 is 0 Å². The SMILES string of the molecule is CN1C[C@H](NC(=O)c2cccc(-n3cnnc3)c2)C[C@H]1CO. The van der Waals surface area contributed by atoms with Gasteiger partial charge in [-0.1, -0.05) is 6.07 Å². The number of nitrogens with one attached hydrogen (secondary N) is 1. The lowest BCUT2D eigenvalue weighted by atomic mass is 10.1. The van der Waals surface area contributed by atoms with Crippen LogP contribution in [0.15, 0.2) is 36.9 Å². The summed E-state index contributed by atoms with van der Waals surface area (Å²) in [7, 11) is 1.96. The Kier molecular flexibility index (Phi) is 4.17. The predicted molar refractivity (Wildman–Crippen MR) is 80.7 cm³/mol. The zero-order valence-corrected chi connectivity index (χ0v) is 12.4. The zero-order chi connectivity index (χ0) is 15.5. The second-order valence-electron chi connectivity index (χ2n) is 5.60. The van der Waals surface area contributed by atoms with Gasteiger partial charge in [0.05, 0.1) is 6.61 Å². The van der Waals surface area contributed by atoms with Crippen LogP contribution in [0.5, 0.6) is 0 Å². The van der Waals surface area contributed by atoms with Gasteiger partial charge in [-0.05, 0) is 31.7 Å². The van der Waals surface area contributed by atoms with E-state index in [1.54, 1.807) is 29.4 Å². The summed E-state index contributed by atoms with van der Waals surface area (Å²) in [5.41, 5.74) is 1.44. The van der Waals surface area contributed by atoms with Crippen LogP contribution in [0.4, 0.5) is 0 Å². The smallest absolute Gasteiger partial charge is 0.251 e. The first-order valence-corrected chi connectivity index (χ1v) is 7.24. The van der Waals surface area contributed by atoms with E-state index in [0.717, 1.165) is 18.7 Å². The summed E-state index contributed by atoms with van der Waals surface area (Å²) in [6, 6.07) is 7.50. The van der Waals surface area contributed by atoms with Crippen LogP contribution in [0, 0.1) is 0 Å². The third kappa shape index (κ3) is 3.00. The van der Waals surface area contributed by atoms with Crippen molar-refractivity contribution in [3.8, 4) is 5.69 Å². The van der Waals surface area contributed by atoms with Crippen molar-refractivity contribution >= 4 is 5.91 Å². The second kappa shape index (κ2) is 6.25. The summed E-state index contributed by atoms with van der Waals surface area (Å²) in [4.78, 5) is 14.5. The van der Waals surface area contributed by atoms with E-state index in [1.807, 2.05) is 19.2 Å². The molecule has 1 saturated heterocycles. The van der Waals surface area contributed by atoms with E-state index in [1.165, 1.54) is 0 Å². The topological polar surface area (TPSA) is 83.3 Å². The molecular weight excluding hydrogens is 282 g/mol. The van der Waals surface area contributed by atoms with Crippen molar-refractivity contribution in [2.24, 2.45) is 0 Å². The number of carbonyl (C=O) groups is 1. The van der Waals surface area contributed by atoms with Crippen molar-refractivity contribution in [3.05, 3.63) is 42.5 Å². The molecule has 2 atom stereocenters. The Labute approximate surface area is 128 Å². The van der Waals surface area contributed by atoms with Gasteiger partial charge in [0.15, 0.2) is 0 Å². The molecule has 2 heterocycles. The summed E-state index contributed by atoms with van der Waals surface area (Å²) in [5, 5.41) is 19.8. The van der Waals surface area contributed by atoms with Gasteiger partial charge in [-0.25, -0.2) is 0 Å². The van der Waals surface area contributed by atoms with Crippen molar-refractivity contribution in [1.29, 1.82) is 0 Å². The summed E-state index contributed by atoms with van der Waals surface area (Å²) in [6.07, 6.45) is 3.95. The van der Waals surface area contributed by atoms with E-state index in [-0.39, 0.29) is 24.6 Å². The van der Waals surface area contributed by atoms with Crippen molar-refractivity contribution in [2.45, 2.75) is 18.5 Å². The molecule has 1 aliphatic heterocycles. The Balaban J connectivity index is 1.69. The Morgan fingerprint density at radius 3 is 2.86 bits per heavy atom. The molecule has 1 aliphatic rings. The number of carbonyl (C=O) groups excluding carboxylic acids is 1. The van der Waals surface area contributed by atoms with E-state index < -0.39 is 0 Å². The predicted octanol–water partition coefficient (Wildman–Crippen LogP) is 0.0621. The van der Waals surface area contributed by atoms with Crippen LogP contribution < -0.4 is 5.32 Å². The van der Waals surface area contributed by atoms with Gasteiger partial charge < -0.3 is 10.4 Å². The molecule has 7 heteroatoms. The second-order valence-corrected chi connectivity index (χ2v) is 5.60. The summed E-state index contributed by atoms with van der Waals surface area (Å²) < 4.78 is 1.75. The van der Waals surface area contributed by atoms with Crippen molar-refractivity contribution in [2.75, 3.05) is 20.2 Å². The Morgan fingerprint density at radius 1 is 1.41 bits per heavy atom. The van der Waals surface area contributed by atoms with Crippen molar-refractivity contribution in [3.63, 3.8) is 0 Å². The lowest BCUT2D eigenvalue weighted by Crippen LogP contribution is -2.36. The van der Waals surface area contributed by atoms with E-state index in [2.05, 4.69) is 20.4 Å². The molecule has 7 nitrogen and oxygen atoms in total. The van der Waals surface area contributed by atoms with Gasteiger partial charge in [-0.2, -0.15) is 0 Å². The molecule has 0 spiro atoms. The minimum Gasteiger partial charge on any atom is -0.395 e. The molecule has 0 unspecified atom stereocenters. The molecule has 1 aromatic heterocycles. The minimum absolute atomic E-state index is 0.0632. The molecule has 0 radical (unpaired) electrons. The highest BCUT2D eigenvalue weighted by atomic mass is 16.3. The maximum absolute atomic E-state index is 12.4. The third-order valence-electron chi connectivity index (χ3n) is 4.06. The largest absolute Gasteiger partial charge is 0.395 e. The van der Waals surface area contributed by atoms with Gasteiger partial charge >= 0.3 is 0 Å². The van der Waals surface area contributed by atoms with Gasteiger partial charge in [0.2, 0.25) is 0 Å². The molecule has 0 aliphatic carbocycles. The molecule has 0 bridgehead atoms. The average molecular weight is 301 g/mol.